The number of nitrogens with zero attached hydrogens (tertiary/aromatic N) is 3. The van der Waals surface area contributed by atoms with Crippen LogP contribution in [0.4, 0.5) is 5.69 Å². The third-order valence-electron chi connectivity index (χ3n) is 5.08. The fourth-order valence-electron chi connectivity index (χ4n) is 3.19. The number of anilines is 1. The Hall–Kier alpha value is -3.04. The second-order valence-corrected chi connectivity index (χ2v) is 9.26. The molecule has 34 heavy (non-hydrogen) atoms. The highest BCUT2D eigenvalue weighted by Gasteiger charge is 2.19. The van der Waals surface area contributed by atoms with E-state index in [1.165, 1.54) is 36.6 Å². The average molecular weight is 503 g/mol. The van der Waals surface area contributed by atoms with Crippen LogP contribution in [0.5, 0.6) is 5.75 Å². The molecule has 0 aliphatic carbocycles. The lowest BCUT2D eigenvalue weighted by atomic mass is 10.0. The van der Waals surface area contributed by atoms with E-state index in [2.05, 4.69) is 41.5 Å². The van der Waals surface area contributed by atoms with Crippen LogP contribution < -0.4 is 10.1 Å². The van der Waals surface area contributed by atoms with Crippen LogP contribution >= 0.6 is 23.4 Å². The smallest absolute Gasteiger partial charge is 0.339 e. The van der Waals surface area contributed by atoms with Gasteiger partial charge in [0, 0.05) is 12.7 Å². The minimum Gasteiger partial charge on any atom is -0.483 e. The fourth-order valence-corrected chi connectivity index (χ4v) is 4.10. The van der Waals surface area contributed by atoms with E-state index < -0.39 is 5.97 Å². The van der Waals surface area contributed by atoms with Crippen molar-refractivity contribution in [3.05, 3.63) is 64.4 Å². The zero-order valence-corrected chi connectivity index (χ0v) is 21.2. The minimum absolute atomic E-state index is 0.105. The third-order valence-corrected chi connectivity index (χ3v) is 6.43. The number of hydrogen-bond acceptors (Lipinski definition) is 7. The summed E-state index contributed by atoms with van der Waals surface area (Å²) in [7, 11) is 3.10. The molecule has 0 spiro atoms. The standard InChI is InChI=1S/C24H27ClN4O4S/c1-14(2)16-6-9-18(10-7-16)33-15(3)22-27-28-24(29(22)4)34-13-21(30)26-17-8-11-20(25)19(12-17)23(31)32-5/h6-12,14-15H,13H2,1-5H3,(H,26,30). The van der Waals surface area contributed by atoms with Gasteiger partial charge in [0.2, 0.25) is 5.91 Å². The maximum Gasteiger partial charge on any atom is 0.339 e. The predicted octanol–water partition coefficient (Wildman–Crippen LogP) is 5.25. The summed E-state index contributed by atoms with van der Waals surface area (Å²) in [5.41, 5.74) is 1.87. The van der Waals surface area contributed by atoms with Crippen molar-refractivity contribution in [2.24, 2.45) is 7.05 Å². The van der Waals surface area contributed by atoms with Gasteiger partial charge in [0.15, 0.2) is 17.1 Å². The summed E-state index contributed by atoms with van der Waals surface area (Å²) in [5.74, 6) is 1.13. The Morgan fingerprint density at radius 1 is 1.12 bits per heavy atom. The number of methoxy groups -OCH3 is 1. The minimum atomic E-state index is -0.575. The van der Waals surface area contributed by atoms with E-state index in [9.17, 15) is 9.59 Å². The predicted molar refractivity (Wildman–Crippen MR) is 133 cm³/mol. The molecule has 180 valence electrons. The Labute approximate surface area is 208 Å². The Kier molecular flexibility index (Phi) is 8.57. The monoisotopic (exact) mass is 502 g/mol. The number of benzene rings is 2. The number of carbonyl (C=O) groups excluding carboxylic acids is 2. The summed E-state index contributed by atoms with van der Waals surface area (Å²) >= 11 is 7.26. The zero-order chi connectivity index (χ0) is 24.8. The van der Waals surface area contributed by atoms with Crippen molar-refractivity contribution >= 4 is 40.9 Å². The van der Waals surface area contributed by atoms with Gasteiger partial charge in [-0.2, -0.15) is 0 Å². The molecule has 1 aromatic heterocycles. The molecule has 0 saturated heterocycles. The van der Waals surface area contributed by atoms with Crippen molar-refractivity contribution in [3.8, 4) is 5.75 Å². The number of ether oxygens (including phenoxy) is 2. The summed E-state index contributed by atoms with van der Waals surface area (Å²) in [6.07, 6.45) is -0.323. The number of hydrogen-bond donors (Lipinski definition) is 1. The van der Waals surface area contributed by atoms with Crippen LogP contribution in [-0.4, -0.2) is 39.5 Å². The van der Waals surface area contributed by atoms with Crippen molar-refractivity contribution in [2.75, 3.05) is 18.2 Å². The SMILES string of the molecule is COC(=O)c1cc(NC(=O)CSc2nnc(C(C)Oc3ccc(C(C)C)cc3)n2C)ccc1Cl. The van der Waals surface area contributed by atoms with Crippen LogP contribution in [0.3, 0.4) is 0 Å². The molecule has 3 aromatic rings. The number of aromatic nitrogens is 3. The lowest BCUT2D eigenvalue weighted by molar-refractivity contribution is -0.113. The third kappa shape index (κ3) is 6.30. The molecule has 0 aliphatic rings. The maximum absolute atomic E-state index is 12.4. The fraction of sp³-hybridized carbons (Fsp3) is 0.333. The first kappa shape index (κ1) is 25.6. The number of carbonyl (C=O) groups is 2. The molecular formula is C24H27ClN4O4S. The summed E-state index contributed by atoms with van der Waals surface area (Å²) < 4.78 is 12.5. The number of nitrogens with one attached hydrogen (secondary N) is 1. The summed E-state index contributed by atoms with van der Waals surface area (Å²) in [5, 5.41) is 12.0. The van der Waals surface area contributed by atoms with Crippen LogP contribution in [0, 0.1) is 0 Å². The van der Waals surface area contributed by atoms with Gasteiger partial charge in [0.05, 0.1) is 23.4 Å². The first-order chi connectivity index (χ1) is 16.2. The summed E-state index contributed by atoms with van der Waals surface area (Å²) in [4.78, 5) is 24.2. The van der Waals surface area contributed by atoms with Gasteiger partial charge >= 0.3 is 5.97 Å². The highest BCUT2D eigenvalue weighted by atomic mass is 35.5. The molecule has 0 radical (unpaired) electrons. The first-order valence-corrected chi connectivity index (χ1v) is 12.0. The van der Waals surface area contributed by atoms with Gasteiger partial charge in [-0.15, -0.1) is 10.2 Å². The molecular weight excluding hydrogens is 476 g/mol. The zero-order valence-electron chi connectivity index (χ0n) is 19.7. The van der Waals surface area contributed by atoms with Gasteiger partial charge in [-0.25, -0.2) is 4.79 Å². The van der Waals surface area contributed by atoms with E-state index in [1.807, 2.05) is 30.7 Å². The van der Waals surface area contributed by atoms with Crippen LogP contribution in [-0.2, 0) is 16.6 Å². The second kappa shape index (κ2) is 11.4. The molecule has 1 amide bonds. The Balaban J connectivity index is 1.58. The largest absolute Gasteiger partial charge is 0.483 e. The lowest BCUT2D eigenvalue weighted by Crippen LogP contribution is -2.15. The van der Waals surface area contributed by atoms with Gasteiger partial charge in [-0.05, 0) is 48.7 Å². The second-order valence-electron chi connectivity index (χ2n) is 7.91. The van der Waals surface area contributed by atoms with Crippen molar-refractivity contribution in [3.63, 3.8) is 0 Å². The average Bonchev–Trinajstić information content (AvgIpc) is 3.19. The summed E-state index contributed by atoms with van der Waals surface area (Å²) in [6, 6.07) is 12.6. The van der Waals surface area contributed by atoms with Crippen LogP contribution in [0.15, 0.2) is 47.6 Å². The molecule has 1 unspecified atom stereocenters. The van der Waals surface area contributed by atoms with Crippen LogP contribution in [0.1, 0.15) is 54.5 Å². The summed E-state index contributed by atoms with van der Waals surface area (Å²) in [6.45, 7) is 6.19. The van der Waals surface area contributed by atoms with Gasteiger partial charge in [0.25, 0.3) is 0 Å². The molecule has 1 atom stereocenters. The highest BCUT2D eigenvalue weighted by molar-refractivity contribution is 7.99. The number of esters is 1. The molecule has 3 rings (SSSR count). The normalized spacial score (nSPS) is 11.9. The molecule has 2 aromatic carbocycles. The van der Waals surface area contributed by atoms with Gasteiger partial charge in [0.1, 0.15) is 5.75 Å². The van der Waals surface area contributed by atoms with Gasteiger partial charge in [-0.3, -0.25) is 4.79 Å². The molecule has 8 nitrogen and oxygen atoms in total. The van der Waals surface area contributed by atoms with Crippen LogP contribution in [0.2, 0.25) is 5.02 Å². The van der Waals surface area contributed by atoms with E-state index in [0.29, 0.717) is 22.6 Å². The number of halogens is 1. The van der Waals surface area contributed by atoms with E-state index in [0.717, 1.165) is 5.75 Å². The maximum atomic E-state index is 12.4. The first-order valence-electron chi connectivity index (χ1n) is 10.7. The molecule has 0 bridgehead atoms. The van der Waals surface area contributed by atoms with Crippen molar-refractivity contribution < 1.29 is 19.1 Å². The quantitative estimate of drug-likeness (QED) is 0.315. The lowest BCUT2D eigenvalue weighted by Gasteiger charge is -2.15. The number of amides is 1. The van der Waals surface area contributed by atoms with Gasteiger partial charge in [-0.1, -0.05) is 49.3 Å². The number of thioether (sulfide) groups is 1. The molecule has 1 heterocycles. The molecule has 0 saturated carbocycles. The Bertz CT molecular complexity index is 1160. The molecule has 1 N–H and O–H groups in total. The molecule has 10 heteroatoms. The van der Waals surface area contributed by atoms with E-state index in [-0.39, 0.29) is 28.4 Å². The Morgan fingerprint density at radius 3 is 2.47 bits per heavy atom. The van der Waals surface area contributed by atoms with E-state index >= 15 is 0 Å². The molecule has 0 fully saturated rings. The van der Waals surface area contributed by atoms with Crippen LogP contribution in [0.25, 0.3) is 0 Å². The molecule has 0 aliphatic heterocycles. The van der Waals surface area contributed by atoms with E-state index in [4.69, 9.17) is 21.1 Å². The highest BCUT2D eigenvalue weighted by Crippen LogP contribution is 2.26. The van der Waals surface area contributed by atoms with Crippen molar-refractivity contribution in [1.82, 2.24) is 14.8 Å². The van der Waals surface area contributed by atoms with E-state index in [1.54, 1.807) is 6.07 Å². The Morgan fingerprint density at radius 2 is 1.82 bits per heavy atom. The topological polar surface area (TPSA) is 95.3 Å². The van der Waals surface area contributed by atoms with Crippen molar-refractivity contribution in [1.29, 1.82) is 0 Å². The van der Waals surface area contributed by atoms with Gasteiger partial charge < -0.3 is 19.4 Å². The number of rotatable bonds is 9. The van der Waals surface area contributed by atoms with Crippen molar-refractivity contribution in [2.45, 2.75) is 37.9 Å².